The summed E-state index contributed by atoms with van der Waals surface area (Å²) in [7, 11) is 6.50. The summed E-state index contributed by atoms with van der Waals surface area (Å²) in [5.41, 5.74) is 6.67. The molecule has 3 unspecified atom stereocenters. The van der Waals surface area contributed by atoms with Gasteiger partial charge in [-0.05, 0) is 65.4 Å². The first kappa shape index (κ1) is 49.3. The van der Waals surface area contributed by atoms with Crippen molar-refractivity contribution in [2.45, 2.75) is 77.5 Å². The number of methoxy groups -OCH3 is 3. The summed E-state index contributed by atoms with van der Waals surface area (Å²) in [6, 6.07) is 18.6. The molecule has 52 heavy (non-hydrogen) atoms. The van der Waals surface area contributed by atoms with Crippen LogP contribution in [0.3, 0.4) is 0 Å². The van der Waals surface area contributed by atoms with E-state index in [1.54, 1.807) is 28.2 Å². The molecule has 2 aromatic carbocycles. The number of nitrogens with zero attached hydrogens (tertiary/aromatic N) is 2. The molecule has 1 fully saturated rings. The topological polar surface area (TPSA) is 191 Å². The van der Waals surface area contributed by atoms with Crippen LogP contribution in [0.4, 0.5) is 14.6 Å². The van der Waals surface area contributed by atoms with E-state index in [-0.39, 0.29) is 36.5 Å². The number of nitrogen functional groups attached to an aromatic ring is 1. The Bertz CT molecular complexity index is 1460. The number of aryl methyl sites for hydroxylation is 1. The van der Waals surface area contributed by atoms with Crippen LogP contribution in [0.1, 0.15) is 51.5 Å². The predicted molar refractivity (Wildman–Crippen MR) is 193 cm³/mol. The number of aromatic nitrogens is 2. The van der Waals surface area contributed by atoms with Crippen LogP contribution in [0, 0.1) is 6.92 Å². The second-order valence-corrected chi connectivity index (χ2v) is 11.6. The van der Waals surface area contributed by atoms with Crippen molar-refractivity contribution in [2.24, 2.45) is 0 Å². The third-order valence-electron chi connectivity index (χ3n) is 6.48. The summed E-state index contributed by atoms with van der Waals surface area (Å²) in [4.78, 5) is 42.6. The van der Waals surface area contributed by atoms with E-state index in [1.807, 2.05) is 89.1 Å². The summed E-state index contributed by atoms with van der Waals surface area (Å²) >= 11 is 0. The van der Waals surface area contributed by atoms with Crippen molar-refractivity contribution in [3.63, 3.8) is 0 Å². The average Bonchev–Trinajstić information content (AvgIpc) is 3.42. The Kier molecular flexibility index (Phi) is 25.6. The van der Waals surface area contributed by atoms with Gasteiger partial charge in [0.15, 0.2) is 0 Å². The number of anilines is 1. The Labute approximate surface area is 304 Å². The van der Waals surface area contributed by atoms with Crippen molar-refractivity contribution in [3.05, 3.63) is 88.5 Å². The standard InChI is InChI=1S/C12H17NO2.C10H13F2N3O3.C7H8O.C5H12O.CH2O2.CH2O/c1-9-5-4-6-11(7-9)8-15-12(14)10(2)13-3;1-17-5-6-4-10(11,12)8(18-6)15-3-2-7(13)14-9(15)16;1-8-7-5-3-2-4-6-7;1-5(2,3)6-4;2-1-3;1-2/h4-7,10,13H,8H2,1-3H3;2-3,6,8H,4-5H2,1H3,(H2,13,14,16);2-6H,1H3;1-4H3;1H,(H,2,3);1H2. The van der Waals surface area contributed by atoms with Crippen molar-refractivity contribution in [1.29, 1.82) is 0 Å². The molecule has 1 aliphatic rings. The maximum Gasteiger partial charge on any atom is 0.351 e. The molecular weight excluding hydrogens is 686 g/mol. The Balaban J connectivity index is 0. The molecule has 0 aliphatic carbocycles. The van der Waals surface area contributed by atoms with Crippen molar-refractivity contribution in [3.8, 4) is 5.75 Å². The molecule has 292 valence electrons. The molecule has 2 heterocycles. The van der Waals surface area contributed by atoms with Crippen molar-refractivity contribution in [2.75, 3.05) is 40.7 Å². The second kappa shape index (κ2) is 27.0. The van der Waals surface area contributed by atoms with Crippen LogP contribution in [0.15, 0.2) is 71.7 Å². The fraction of sp³-hybridized carbons (Fsp3) is 0.472. The lowest BCUT2D eigenvalue weighted by Crippen LogP contribution is -2.35. The van der Waals surface area contributed by atoms with Gasteiger partial charge in [0, 0.05) is 26.8 Å². The van der Waals surface area contributed by atoms with E-state index in [0.717, 1.165) is 22.1 Å². The molecule has 4 rings (SSSR count). The molecule has 1 aliphatic heterocycles. The number of carbonyl (C=O) groups excluding carboxylic acids is 2. The third kappa shape index (κ3) is 21.4. The summed E-state index contributed by atoms with van der Waals surface area (Å²) in [6.07, 6.45) is -1.77. The number of halogens is 2. The predicted octanol–water partition coefficient (Wildman–Crippen LogP) is 4.68. The highest BCUT2D eigenvalue weighted by Crippen LogP contribution is 2.41. The number of nitrogens with one attached hydrogen (secondary N) is 1. The maximum absolute atomic E-state index is 13.7. The van der Waals surface area contributed by atoms with Crippen LogP contribution in [0.2, 0.25) is 0 Å². The zero-order chi connectivity index (χ0) is 40.3. The van der Waals surface area contributed by atoms with Crippen molar-refractivity contribution >= 4 is 25.0 Å². The zero-order valence-electron chi connectivity index (χ0n) is 31.3. The minimum absolute atomic E-state index is 0.0222. The monoisotopic (exact) mass is 740 g/mol. The van der Waals surface area contributed by atoms with E-state index in [1.165, 1.54) is 18.7 Å². The van der Waals surface area contributed by atoms with Gasteiger partial charge >= 0.3 is 11.7 Å². The van der Waals surface area contributed by atoms with Gasteiger partial charge in [0.1, 0.15) is 31.0 Å². The fourth-order valence-electron chi connectivity index (χ4n) is 3.65. The van der Waals surface area contributed by atoms with E-state index in [2.05, 4.69) is 10.3 Å². The number of benzene rings is 2. The number of hydrogen-bond acceptors (Lipinski definition) is 12. The van der Waals surface area contributed by atoms with Crippen molar-refractivity contribution in [1.82, 2.24) is 14.9 Å². The summed E-state index contributed by atoms with van der Waals surface area (Å²) in [6.45, 7) is 12.0. The normalized spacial score (nSPS) is 15.7. The fourth-order valence-corrected chi connectivity index (χ4v) is 3.65. The Morgan fingerprint density at radius 2 is 1.73 bits per heavy atom. The number of likely N-dealkylation sites (N-methyl/N-ethyl adjacent to an activating group) is 1. The molecule has 0 spiro atoms. The smallest absolute Gasteiger partial charge is 0.351 e. The molecule has 0 saturated carbocycles. The summed E-state index contributed by atoms with van der Waals surface area (Å²) in [5, 5.41) is 9.73. The quantitative estimate of drug-likeness (QED) is 0.213. The number of esters is 1. The summed E-state index contributed by atoms with van der Waals surface area (Å²) in [5.74, 6) is -2.48. The molecule has 3 aromatic rings. The number of hydrogen-bond donors (Lipinski definition) is 3. The van der Waals surface area contributed by atoms with Gasteiger partial charge in [-0.25, -0.2) is 13.6 Å². The highest BCUT2D eigenvalue weighted by molar-refractivity contribution is 5.75. The molecule has 1 saturated heterocycles. The van der Waals surface area contributed by atoms with Gasteiger partial charge in [-0.3, -0.25) is 14.2 Å². The Hall–Kier alpha value is -4.77. The molecule has 4 N–H and O–H groups in total. The van der Waals surface area contributed by atoms with Gasteiger partial charge in [-0.15, -0.1) is 0 Å². The number of para-hydroxylation sites is 1. The Morgan fingerprint density at radius 3 is 2.17 bits per heavy atom. The van der Waals surface area contributed by atoms with E-state index in [0.29, 0.717) is 6.61 Å². The number of carboxylic acid groups (broad SMARTS) is 1. The molecule has 16 heteroatoms. The lowest BCUT2D eigenvalue weighted by Gasteiger charge is -2.19. The second-order valence-electron chi connectivity index (χ2n) is 11.6. The van der Waals surface area contributed by atoms with E-state index >= 15 is 0 Å². The van der Waals surface area contributed by atoms with Crippen molar-refractivity contribution < 1.29 is 52.0 Å². The zero-order valence-corrected chi connectivity index (χ0v) is 31.3. The van der Waals surface area contributed by atoms with Crippen LogP contribution in [-0.2, 0) is 39.9 Å². The van der Waals surface area contributed by atoms with Gasteiger partial charge in [0.25, 0.3) is 12.4 Å². The van der Waals surface area contributed by atoms with E-state index < -0.39 is 30.4 Å². The van der Waals surface area contributed by atoms with Crippen LogP contribution >= 0.6 is 0 Å². The average molecular weight is 741 g/mol. The number of nitrogens with two attached hydrogens (primary N) is 1. The lowest BCUT2D eigenvalue weighted by molar-refractivity contribution is -0.146. The van der Waals surface area contributed by atoms with Gasteiger partial charge in [0.2, 0.25) is 6.23 Å². The lowest BCUT2D eigenvalue weighted by atomic mass is 10.1. The van der Waals surface area contributed by atoms with Crippen LogP contribution in [0.5, 0.6) is 5.75 Å². The molecule has 1 aromatic heterocycles. The first-order valence-electron chi connectivity index (χ1n) is 15.8. The van der Waals surface area contributed by atoms with Gasteiger partial charge < -0.3 is 44.6 Å². The molecule has 14 nitrogen and oxygen atoms in total. The first-order valence-corrected chi connectivity index (χ1v) is 15.8. The number of ether oxygens (including phenoxy) is 5. The largest absolute Gasteiger partial charge is 0.497 e. The summed E-state index contributed by atoms with van der Waals surface area (Å²) < 4.78 is 53.1. The van der Waals surface area contributed by atoms with Gasteiger partial charge in [-0.2, -0.15) is 4.98 Å². The number of carbonyl (C=O) groups is 3. The van der Waals surface area contributed by atoms with Gasteiger partial charge in [0.05, 0.1) is 25.4 Å². The number of rotatable bonds is 8. The molecule has 0 radical (unpaired) electrons. The van der Waals surface area contributed by atoms with Crippen LogP contribution in [0.25, 0.3) is 0 Å². The minimum Gasteiger partial charge on any atom is -0.497 e. The highest BCUT2D eigenvalue weighted by atomic mass is 19.3. The minimum atomic E-state index is -3.15. The van der Waals surface area contributed by atoms with Crippen LogP contribution < -0.4 is 21.5 Å². The third-order valence-corrected chi connectivity index (χ3v) is 6.48. The maximum atomic E-state index is 13.7. The molecular formula is C36H54F2N4O10. The highest BCUT2D eigenvalue weighted by Gasteiger charge is 2.51. The first-order chi connectivity index (χ1) is 24.5. The Morgan fingerprint density at radius 1 is 1.15 bits per heavy atom. The van der Waals surface area contributed by atoms with E-state index in [4.69, 9.17) is 44.1 Å². The van der Waals surface area contributed by atoms with Crippen LogP contribution in [-0.4, -0.2) is 92.5 Å². The molecule has 0 bridgehead atoms. The molecule has 3 atom stereocenters. The number of alkyl halides is 2. The molecule has 0 amide bonds. The van der Waals surface area contributed by atoms with Gasteiger partial charge in [-0.1, -0.05) is 48.0 Å². The van der Waals surface area contributed by atoms with E-state index in [9.17, 15) is 18.4 Å². The SMILES string of the molecule is C=O.CNC(C)C(=O)OCc1cccc(C)c1.COC(C)(C)C.COCC1CC(F)(F)C(n2ccc(N)nc2=O)O1.COc1ccccc1.O=CO.